The largest absolute Gasteiger partial charge is 0.326 e. The van der Waals surface area contributed by atoms with E-state index in [9.17, 15) is 4.79 Å². The van der Waals surface area contributed by atoms with Crippen LogP contribution in [0.15, 0.2) is 36.4 Å². The Bertz CT molecular complexity index is 593. The lowest BCUT2D eigenvalue weighted by atomic mass is 9.95. The lowest BCUT2D eigenvalue weighted by Gasteiger charge is -2.15. The third-order valence-electron chi connectivity index (χ3n) is 2.81. The zero-order chi connectivity index (χ0) is 14.0. The Labute approximate surface area is 118 Å². The summed E-state index contributed by atoms with van der Waals surface area (Å²) in [6.07, 6.45) is 0. The highest BCUT2D eigenvalue weighted by atomic mass is 32.1. The average molecular weight is 273 g/mol. The number of rotatable bonds is 2. The molecule has 0 bridgehead atoms. The fourth-order valence-electron chi connectivity index (χ4n) is 1.85. The van der Waals surface area contributed by atoms with Crippen molar-refractivity contribution in [3.8, 4) is 10.4 Å². The Kier molecular flexibility index (Phi) is 3.76. The zero-order valence-corrected chi connectivity index (χ0v) is 12.6. The molecule has 1 amide bonds. The first-order chi connectivity index (χ1) is 8.86. The first-order valence-corrected chi connectivity index (χ1v) is 7.16. The van der Waals surface area contributed by atoms with Crippen molar-refractivity contribution in [1.29, 1.82) is 0 Å². The van der Waals surface area contributed by atoms with E-state index in [1.54, 1.807) is 0 Å². The number of hydrogen-bond donors (Lipinski definition) is 1. The maximum absolute atomic E-state index is 11.1. The molecule has 0 saturated heterocycles. The number of anilines is 1. The van der Waals surface area contributed by atoms with Gasteiger partial charge >= 0.3 is 0 Å². The molecule has 0 unspecified atom stereocenters. The molecule has 2 rings (SSSR count). The monoisotopic (exact) mass is 273 g/mol. The van der Waals surface area contributed by atoms with Crippen molar-refractivity contribution in [2.24, 2.45) is 0 Å². The maximum atomic E-state index is 11.1. The van der Waals surface area contributed by atoms with E-state index >= 15 is 0 Å². The molecule has 100 valence electrons. The number of hydrogen-bond acceptors (Lipinski definition) is 2. The second-order valence-corrected chi connectivity index (χ2v) is 6.76. The van der Waals surface area contributed by atoms with Gasteiger partial charge in [-0.3, -0.25) is 4.79 Å². The Morgan fingerprint density at radius 3 is 2.47 bits per heavy atom. The second-order valence-electron chi connectivity index (χ2n) is 5.68. The van der Waals surface area contributed by atoms with Gasteiger partial charge in [-0.25, -0.2) is 0 Å². The van der Waals surface area contributed by atoms with Crippen LogP contribution >= 0.6 is 11.3 Å². The smallest absolute Gasteiger partial charge is 0.221 e. The van der Waals surface area contributed by atoms with Crippen molar-refractivity contribution < 1.29 is 4.79 Å². The minimum atomic E-state index is -0.0429. The first kappa shape index (κ1) is 13.8. The van der Waals surface area contributed by atoms with Crippen molar-refractivity contribution in [1.82, 2.24) is 0 Å². The van der Waals surface area contributed by atoms with E-state index in [1.165, 1.54) is 16.7 Å². The van der Waals surface area contributed by atoms with Crippen LogP contribution in [0.25, 0.3) is 10.4 Å². The topological polar surface area (TPSA) is 29.1 Å². The van der Waals surface area contributed by atoms with Crippen molar-refractivity contribution in [3.05, 3.63) is 41.3 Å². The molecule has 0 aliphatic heterocycles. The van der Waals surface area contributed by atoms with E-state index in [4.69, 9.17) is 0 Å². The third kappa shape index (κ3) is 3.44. The molecule has 0 atom stereocenters. The minimum Gasteiger partial charge on any atom is -0.326 e. The molecule has 1 aromatic carbocycles. The average Bonchev–Trinajstić information content (AvgIpc) is 2.77. The molecule has 1 N–H and O–H groups in total. The zero-order valence-electron chi connectivity index (χ0n) is 11.8. The quantitative estimate of drug-likeness (QED) is 0.846. The Morgan fingerprint density at radius 1 is 1.16 bits per heavy atom. The van der Waals surface area contributed by atoms with Gasteiger partial charge in [-0.1, -0.05) is 32.9 Å². The Hall–Kier alpha value is -1.61. The number of benzene rings is 1. The van der Waals surface area contributed by atoms with Crippen LogP contribution < -0.4 is 5.32 Å². The van der Waals surface area contributed by atoms with E-state index in [1.807, 2.05) is 29.5 Å². The predicted octanol–water partition coefficient (Wildman–Crippen LogP) is 4.67. The summed E-state index contributed by atoms with van der Waals surface area (Å²) < 4.78 is 0. The summed E-state index contributed by atoms with van der Waals surface area (Å²) in [4.78, 5) is 13.7. The lowest BCUT2D eigenvalue weighted by Crippen LogP contribution is -2.07. The fraction of sp³-hybridized carbons (Fsp3) is 0.312. The molecular formula is C16H19NOS. The Balaban J connectivity index is 2.31. The second kappa shape index (κ2) is 5.17. The molecule has 1 heterocycles. The normalized spacial score (nSPS) is 11.4. The summed E-state index contributed by atoms with van der Waals surface area (Å²) in [7, 11) is 0. The van der Waals surface area contributed by atoms with Crippen LogP contribution in [0.3, 0.4) is 0 Å². The highest BCUT2D eigenvalue weighted by Crippen LogP contribution is 2.35. The van der Waals surface area contributed by atoms with Crippen molar-refractivity contribution in [2.75, 3.05) is 5.32 Å². The number of carbonyl (C=O) groups is 1. The molecule has 2 nitrogen and oxygen atoms in total. The van der Waals surface area contributed by atoms with Crippen molar-refractivity contribution >= 4 is 22.9 Å². The van der Waals surface area contributed by atoms with Gasteiger partial charge in [0.25, 0.3) is 0 Å². The molecule has 0 aliphatic carbocycles. The Morgan fingerprint density at radius 2 is 1.89 bits per heavy atom. The van der Waals surface area contributed by atoms with Gasteiger partial charge in [0.15, 0.2) is 0 Å². The molecule has 0 saturated carbocycles. The summed E-state index contributed by atoms with van der Waals surface area (Å²) >= 11 is 1.81. The van der Waals surface area contributed by atoms with Crippen LogP contribution in [0.1, 0.15) is 32.6 Å². The van der Waals surface area contributed by atoms with Gasteiger partial charge in [0.05, 0.1) is 0 Å². The van der Waals surface area contributed by atoms with E-state index in [0.29, 0.717) is 0 Å². The predicted molar refractivity (Wildman–Crippen MR) is 82.8 cm³/mol. The highest BCUT2D eigenvalue weighted by molar-refractivity contribution is 7.15. The van der Waals surface area contributed by atoms with E-state index in [2.05, 4.69) is 44.3 Å². The van der Waals surface area contributed by atoms with Crippen LogP contribution in [0.5, 0.6) is 0 Å². The summed E-state index contributed by atoms with van der Waals surface area (Å²) in [6, 6.07) is 12.3. The summed E-state index contributed by atoms with van der Waals surface area (Å²) in [5.74, 6) is -0.0429. The van der Waals surface area contributed by atoms with Crippen LogP contribution in [-0.2, 0) is 10.2 Å². The lowest BCUT2D eigenvalue weighted by molar-refractivity contribution is -0.114. The summed E-state index contributed by atoms with van der Waals surface area (Å²) in [5.41, 5.74) is 2.17. The van der Waals surface area contributed by atoms with Crippen LogP contribution in [-0.4, -0.2) is 5.91 Å². The van der Waals surface area contributed by atoms with Gasteiger partial charge in [-0.2, -0.15) is 0 Å². The molecule has 0 aliphatic rings. The SMILES string of the molecule is CC(=O)Nc1cccc(-c2ccc(C(C)(C)C)s2)c1. The van der Waals surface area contributed by atoms with Gasteiger partial charge in [0.2, 0.25) is 5.91 Å². The van der Waals surface area contributed by atoms with Crippen LogP contribution in [0.4, 0.5) is 5.69 Å². The van der Waals surface area contributed by atoms with Crippen molar-refractivity contribution in [3.63, 3.8) is 0 Å². The highest BCUT2D eigenvalue weighted by Gasteiger charge is 2.16. The van der Waals surface area contributed by atoms with Gasteiger partial charge in [0.1, 0.15) is 0 Å². The maximum Gasteiger partial charge on any atom is 0.221 e. The van der Waals surface area contributed by atoms with E-state index in [-0.39, 0.29) is 11.3 Å². The molecular weight excluding hydrogens is 254 g/mol. The molecule has 0 fully saturated rings. The first-order valence-electron chi connectivity index (χ1n) is 6.34. The third-order valence-corrected chi connectivity index (χ3v) is 4.37. The molecule has 1 aromatic heterocycles. The van der Waals surface area contributed by atoms with Crippen LogP contribution in [0, 0.1) is 0 Å². The minimum absolute atomic E-state index is 0.0429. The van der Waals surface area contributed by atoms with E-state index < -0.39 is 0 Å². The number of nitrogens with one attached hydrogen (secondary N) is 1. The van der Waals surface area contributed by atoms with Gasteiger partial charge < -0.3 is 5.32 Å². The number of thiophene rings is 1. The van der Waals surface area contributed by atoms with Crippen molar-refractivity contribution in [2.45, 2.75) is 33.1 Å². The summed E-state index contributed by atoms with van der Waals surface area (Å²) in [5, 5.41) is 2.82. The van der Waals surface area contributed by atoms with Crippen LogP contribution in [0.2, 0.25) is 0 Å². The molecule has 19 heavy (non-hydrogen) atoms. The molecule has 3 heteroatoms. The van der Waals surface area contributed by atoms with Gasteiger partial charge in [-0.05, 0) is 35.2 Å². The molecule has 0 radical (unpaired) electrons. The van der Waals surface area contributed by atoms with Gasteiger partial charge in [-0.15, -0.1) is 11.3 Å². The number of carbonyl (C=O) groups excluding carboxylic acids is 1. The van der Waals surface area contributed by atoms with Gasteiger partial charge in [0, 0.05) is 22.4 Å². The molecule has 0 spiro atoms. The standard InChI is InChI=1S/C16H19NOS/c1-11(18)17-13-7-5-6-12(10-13)14-8-9-15(19-14)16(2,3)4/h5-10H,1-4H3,(H,17,18). The summed E-state index contributed by atoms with van der Waals surface area (Å²) in [6.45, 7) is 8.18. The van der Waals surface area contributed by atoms with E-state index in [0.717, 1.165) is 11.3 Å². The number of amides is 1. The molecule has 2 aromatic rings. The fourth-order valence-corrected chi connectivity index (χ4v) is 2.91.